The summed E-state index contributed by atoms with van der Waals surface area (Å²) in [6.45, 7) is 3.77. The van der Waals surface area contributed by atoms with Crippen LogP contribution in [0.25, 0.3) is 0 Å². The molecule has 0 aromatic heterocycles. The van der Waals surface area contributed by atoms with Crippen LogP contribution in [0.4, 0.5) is 0 Å². The summed E-state index contributed by atoms with van der Waals surface area (Å²) in [6.07, 6.45) is -0.245. The second kappa shape index (κ2) is 6.82. The van der Waals surface area contributed by atoms with Crippen LogP contribution >= 0.6 is 0 Å². The maximum atomic E-state index is 12.7. The number of hydrogen-bond acceptors (Lipinski definition) is 4. The number of carboxylic acid groups (broad SMARTS) is 2. The highest BCUT2D eigenvalue weighted by Crippen LogP contribution is 2.32. The molecule has 0 bridgehead atoms. The van der Waals surface area contributed by atoms with Crippen LogP contribution in [0, 0.1) is 0 Å². The summed E-state index contributed by atoms with van der Waals surface area (Å²) >= 11 is 0. The fourth-order valence-corrected chi connectivity index (χ4v) is 2.90. The fraction of sp³-hybridized carbons (Fsp3) is 0.412. The van der Waals surface area contributed by atoms with Crippen molar-refractivity contribution in [3.63, 3.8) is 0 Å². The van der Waals surface area contributed by atoms with E-state index in [1.807, 2.05) is 13.8 Å². The summed E-state index contributed by atoms with van der Waals surface area (Å²) in [6, 6.07) is 3.57. The summed E-state index contributed by atoms with van der Waals surface area (Å²) in [5.74, 6) is -3.63. The normalized spacial score (nSPS) is 14.9. The van der Waals surface area contributed by atoms with Gasteiger partial charge in [-0.3, -0.25) is 19.3 Å². The standard InChI is InChI=1S/C17H19NO6/c1-9(2)10-5-3-6-11-14(10)16(22)18(15(11)21)12(17(23)24)7-4-8-13(19)20/h3,5-6,9,12H,4,7-8H2,1-2H3,(H,19,20)(H,23,24). The van der Waals surface area contributed by atoms with Gasteiger partial charge in [-0.05, 0) is 30.4 Å². The molecular weight excluding hydrogens is 314 g/mol. The van der Waals surface area contributed by atoms with Gasteiger partial charge >= 0.3 is 11.9 Å². The first kappa shape index (κ1) is 17.7. The number of nitrogens with zero attached hydrogens (tertiary/aromatic N) is 1. The van der Waals surface area contributed by atoms with E-state index in [1.54, 1.807) is 12.1 Å². The summed E-state index contributed by atoms with van der Waals surface area (Å²) in [5.41, 5.74) is 1.15. The smallest absolute Gasteiger partial charge is 0.326 e. The van der Waals surface area contributed by atoms with Gasteiger partial charge in [-0.15, -0.1) is 0 Å². The van der Waals surface area contributed by atoms with E-state index in [0.29, 0.717) is 5.56 Å². The molecule has 0 aliphatic carbocycles. The third kappa shape index (κ3) is 3.15. The van der Waals surface area contributed by atoms with Crippen molar-refractivity contribution in [2.75, 3.05) is 0 Å². The molecule has 7 nitrogen and oxygen atoms in total. The van der Waals surface area contributed by atoms with E-state index in [2.05, 4.69) is 0 Å². The van der Waals surface area contributed by atoms with Gasteiger partial charge in [-0.25, -0.2) is 4.79 Å². The number of carbonyl (C=O) groups is 4. The van der Waals surface area contributed by atoms with Crippen molar-refractivity contribution in [1.29, 1.82) is 0 Å². The highest BCUT2D eigenvalue weighted by atomic mass is 16.4. The Labute approximate surface area is 138 Å². The molecule has 1 aliphatic rings. The highest BCUT2D eigenvalue weighted by Gasteiger charge is 2.43. The second-order valence-electron chi connectivity index (χ2n) is 6.04. The predicted octanol–water partition coefficient (Wildman–Crippen LogP) is 2.11. The highest BCUT2D eigenvalue weighted by molar-refractivity contribution is 6.23. The number of carboxylic acids is 2. The average Bonchev–Trinajstić information content (AvgIpc) is 2.75. The molecule has 1 aromatic carbocycles. The van der Waals surface area contributed by atoms with Gasteiger partial charge in [0.05, 0.1) is 11.1 Å². The minimum absolute atomic E-state index is 0.00642. The number of fused-ring (bicyclic) bond motifs is 1. The molecule has 128 valence electrons. The quantitative estimate of drug-likeness (QED) is 0.739. The third-order valence-electron chi connectivity index (χ3n) is 4.07. The number of amides is 2. The number of rotatable bonds is 7. The van der Waals surface area contributed by atoms with Crippen LogP contribution < -0.4 is 0 Å². The van der Waals surface area contributed by atoms with Gasteiger partial charge in [0.15, 0.2) is 0 Å². The van der Waals surface area contributed by atoms with E-state index in [1.165, 1.54) is 6.07 Å². The topological polar surface area (TPSA) is 112 Å². The van der Waals surface area contributed by atoms with E-state index in [9.17, 15) is 24.3 Å². The molecule has 0 spiro atoms. The molecule has 2 amide bonds. The Bertz CT molecular complexity index is 709. The second-order valence-corrected chi connectivity index (χ2v) is 6.04. The Morgan fingerprint density at radius 3 is 2.33 bits per heavy atom. The van der Waals surface area contributed by atoms with Crippen LogP contribution in [0.5, 0.6) is 0 Å². The summed E-state index contributed by atoms with van der Waals surface area (Å²) in [4.78, 5) is 48.1. The Hall–Kier alpha value is -2.70. The van der Waals surface area contributed by atoms with Crippen LogP contribution in [-0.4, -0.2) is 44.9 Å². The molecule has 24 heavy (non-hydrogen) atoms. The average molecular weight is 333 g/mol. The maximum Gasteiger partial charge on any atom is 0.326 e. The van der Waals surface area contributed by atoms with Crippen LogP contribution in [0.1, 0.15) is 65.3 Å². The van der Waals surface area contributed by atoms with E-state index >= 15 is 0 Å². The first-order chi connectivity index (χ1) is 11.3. The lowest BCUT2D eigenvalue weighted by Crippen LogP contribution is -2.45. The molecule has 0 fully saturated rings. The molecule has 1 aromatic rings. The van der Waals surface area contributed by atoms with Gasteiger partial charge in [-0.1, -0.05) is 26.0 Å². The molecule has 1 heterocycles. The van der Waals surface area contributed by atoms with Crippen LogP contribution in [0.2, 0.25) is 0 Å². The number of benzene rings is 1. The van der Waals surface area contributed by atoms with Gasteiger partial charge in [-0.2, -0.15) is 0 Å². The van der Waals surface area contributed by atoms with Gasteiger partial charge in [0.1, 0.15) is 6.04 Å². The van der Waals surface area contributed by atoms with Crippen LogP contribution in [-0.2, 0) is 9.59 Å². The zero-order chi connectivity index (χ0) is 18.0. The maximum absolute atomic E-state index is 12.7. The minimum atomic E-state index is -1.36. The Kier molecular flexibility index (Phi) is 5.02. The SMILES string of the molecule is CC(C)c1cccc2c1C(=O)N(C(CCCC(=O)O)C(=O)O)C2=O. The lowest BCUT2D eigenvalue weighted by atomic mass is 9.94. The van der Waals surface area contributed by atoms with Crippen LogP contribution in [0.15, 0.2) is 18.2 Å². The van der Waals surface area contributed by atoms with Crippen molar-refractivity contribution in [1.82, 2.24) is 4.90 Å². The van der Waals surface area contributed by atoms with E-state index < -0.39 is 29.8 Å². The molecule has 1 unspecified atom stereocenters. The zero-order valence-electron chi connectivity index (χ0n) is 13.5. The monoisotopic (exact) mass is 333 g/mol. The van der Waals surface area contributed by atoms with Crippen molar-refractivity contribution >= 4 is 23.8 Å². The minimum Gasteiger partial charge on any atom is -0.481 e. The van der Waals surface area contributed by atoms with Gasteiger partial charge < -0.3 is 10.2 Å². The summed E-state index contributed by atoms with van der Waals surface area (Å²) < 4.78 is 0. The van der Waals surface area contributed by atoms with E-state index in [0.717, 1.165) is 4.90 Å². The van der Waals surface area contributed by atoms with E-state index in [-0.39, 0.29) is 36.3 Å². The zero-order valence-corrected chi connectivity index (χ0v) is 13.5. The van der Waals surface area contributed by atoms with Crippen molar-refractivity contribution in [2.45, 2.75) is 45.1 Å². The number of hydrogen-bond donors (Lipinski definition) is 2. The summed E-state index contributed by atoms with van der Waals surface area (Å²) in [5, 5.41) is 18.1. The molecule has 0 radical (unpaired) electrons. The molecule has 1 aliphatic heterocycles. The summed E-state index contributed by atoms with van der Waals surface area (Å²) in [7, 11) is 0. The van der Waals surface area contributed by atoms with Gasteiger partial charge in [0.2, 0.25) is 0 Å². The Morgan fingerprint density at radius 1 is 1.12 bits per heavy atom. The number of imide groups is 1. The van der Waals surface area contributed by atoms with Crippen molar-refractivity contribution < 1.29 is 29.4 Å². The van der Waals surface area contributed by atoms with Crippen molar-refractivity contribution in [3.05, 3.63) is 34.9 Å². The largest absolute Gasteiger partial charge is 0.481 e. The van der Waals surface area contributed by atoms with Gasteiger partial charge in [0.25, 0.3) is 11.8 Å². The van der Waals surface area contributed by atoms with Crippen molar-refractivity contribution in [2.24, 2.45) is 0 Å². The molecule has 0 saturated heterocycles. The van der Waals surface area contributed by atoms with Gasteiger partial charge in [0, 0.05) is 6.42 Å². The van der Waals surface area contributed by atoms with Crippen molar-refractivity contribution in [3.8, 4) is 0 Å². The number of aliphatic carboxylic acids is 2. The predicted molar refractivity (Wildman–Crippen MR) is 83.9 cm³/mol. The number of carbonyl (C=O) groups excluding carboxylic acids is 2. The fourth-order valence-electron chi connectivity index (χ4n) is 2.90. The third-order valence-corrected chi connectivity index (χ3v) is 4.07. The lowest BCUT2D eigenvalue weighted by molar-refractivity contribution is -0.142. The first-order valence-corrected chi connectivity index (χ1v) is 7.71. The van der Waals surface area contributed by atoms with E-state index in [4.69, 9.17) is 5.11 Å². The first-order valence-electron chi connectivity index (χ1n) is 7.71. The molecule has 2 N–H and O–H groups in total. The molecule has 2 rings (SSSR count). The molecule has 0 saturated carbocycles. The Balaban J connectivity index is 2.35. The molecular formula is C17H19NO6. The lowest BCUT2D eigenvalue weighted by Gasteiger charge is -2.22. The Morgan fingerprint density at radius 2 is 1.79 bits per heavy atom. The molecule has 7 heteroatoms. The van der Waals surface area contributed by atoms with Crippen LogP contribution in [0.3, 0.4) is 0 Å². The molecule has 1 atom stereocenters.